The minimum Gasteiger partial charge on any atom is -0.497 e. The average molecular weight is 363 g/mol. The van der Waals surface area contributed by atoms with Crippen molar-refractivity contribution in [1.29, 1.82) is 0 Å². The second-order valence-corrected chi connectivity index (χ2v) is 6.08. The van der Waals surface area contributed by atoms with E-state index in [2.05, 4.69) is 10.6 Å². The maximum absolute atomic E-state index is 12.0. The zero-order valence-corrected chi connectivity index (χ0v) is 14.9. The van der Waals surface area contributed by atoms with Crippen LogP contribution >= 0.6 is 11.6 Å². The molecule has 0 radical (unpaired) electrons. The molecule has 2 aromatic rings. The Bertz CT molecular complexity index is 735. The van der Waals surface area contributed by atoms with Crippen molar-refractivity contribution in [3.05, 3.63) is 53.6 Å². The van der Waals surface area contributed by atoms with Gasteiger partial charge in [-0.15, -0.1) is 0 Å². The van der Waals surface area contributed by atoms with Gasteiger partial charge in [0.05, 0.1) is 14.2 Å². The van der Waals surface area contributed by atoms with Crippen LogP contribution in [-0.4, -0.2) is 39.1 Å². The summed E-state index contributed by atoms with van der Waals surface area (Å²) in [5, 5.41) is 6.10. The molecule has 0 fully saturated rings. The number of nitrogens with one attached hydrogen (secondary N) is 3. The molecule has 6 nitrogen and oxygen atoms in total. The molecule has 0 aliphatic carbocycles. The SMILES string of the molecule is COc1ccc(NC(=O)C[NH+](C)CC(=O)Nc2cccc(Cl)c2)cc1. The molecular formula is C18H21ClN3O3+. The number of amides is 2. The van der Waals surface area contributed by atoms with E-state index < -0.39 is 0 Å². The number of methoxy groups -OCH3 is 1. The smallest absolute Gasteiger partial charge is 0.279 e. The molecule has 2 amide bonds. The first kappa shape index (κ1) is 18.8. The Balaban J connectivity index is 1.79. The number of ether oxygens (including phenoxy) is 1. The highest BCUT2D eigenvalue weighted by Crippen LogP contribution is 2.15. The van der Waals surface area contributed by atoms with Gasteiger partial charge in [0.2, 0.25) is 0 Å². The quantitative estimate of drug-likeness (QED) is 0.698. The lowest BCUT2D eigenvalue weighted by molar-refractivity contribution is -0.862. The summed E-state index contributed by atoms with van der Waals surface area (Å²) in [5.41, 5.74) is 1.31. The number of rotatable bonds is 7. The summed E-state index contributed by atoms with van der Waals surface area (Å²) in [5.74, 6) is 0.369. The molecule has 0 heterocycles. The van der Waals surface area contributed by atoms with Crippen molar-refractivity contribution in [3.63, 3.8) is 0 Å². The molecule has 0 bridgehead atoms. The topological polar surface area (TPSA) is 71.9 Å². The minimum atomic E-state index is -0.183. The van der Waals surface area contributed by atoms with Crippen LogP contribution in [0.15, 0.2) is 48.5 Å². The third-order valence-corrected chi connectivity index (χ3v) is 3.64. The number of hydrogen-bond acceptors (Lipinski definition) is 3. The van der Waals surface area contributed by atoms with Crippen LogP contribution in [0.5, 0.6) is 5.75 Å². The second-order valence-electron chi connectivity index (χ2n) is 5.65. The van der Waals surface area contributed by atoms with Gasteiger partial charge in [-0.25, -0.2) is 0 Å². The molecule has 7 heteroatoms. The molecule has 132 valence electrons. The molecule has 0 aromatic heterocycles. The molecule has 2 aromatic carbocycles. The van der Waals surface area contributed by atoms with Crippen LogP contribution in [0.4, 0.5) is 11.4 Å². The highest BCUT2D eigenvalue weighted by molar-refractivity contribution is 6.30. The summed E-state index contributed by atoms with van der Waals surface area (Å²) in [6.45, 7) is 0.345. The van der Waals surface area contributed by atoms with Crippen molar-refractivity contribution in [1.82, 2.24) is 0 Å². The van der Waals surface area contributed by atoms with Crippen LogP contribution in [0.2, 0.25) is 5.02 Å². The summed E-state index contributed by atoms with van der Waals surface area (Å²) in [6, 6.07) is 14.0. The van der Waals surface area contributed by atoms with Crippen LogP contribution in [0.3, 0.4) is 0 Å². The Morgan fingerprint density at radius 2 is 1.60 bits per heavy atom. The number of quaternary nitrogens is 1. The van der Waals surface area contributed by atoms with E-state index in [1.165, 1.54) is 0 Å². The Hall–Kier alpha value is -2.57. The summed E-state index contributed by atoms with van der Waals surface area (Å²) in [4.78, 5) is 24.8. The summed E-state index contributed by atoms with van der Waals surface area (Å²) >= 11 is 5.88. The van der Waals surface area contributed by atoms with Crippen molar-refractivity contribution < 1.29 is 19.2 Å². The molecule has 0 aliphatic heterocycles. The zero-order valence-electron chi connectivity index (χ0n) is 14.1. The molecule has 3 N–H and O–H groups in total. The third-order valence-electron chi connectivity index (χ3n) is 3.41. The van der Waals surface area contributed by atoms with Gasteiger partial charge in [-0.2, -0.15) is 0 Å². The van der Waals surface area contributed by atoms with Crippen LogP contribution in [-0.2, 0) is 9.59 Å². The van der Waals surface area contributed by atoms with Gasteiger partial charge in [-0.1, -0.05) is 17.7 Å². The Morgan fingerprint density at radius 3 is 2.16 bits per heavy atom. The van der Waals surface area contributed by atoms with Gasteiger partial charge in [0.15, 0.2) is 13.1 Å². The number of halogens is 1. The van der Waals surface area contributed by atoms with E-state index in [1.807, 2.05) is 0 Å². The number of anilines is 2. The van der Waals surface area contributed by atoms with Gasteiger partial charge in [0, 0.05) is 16.4 Å². The van der Waals surface area contributed by atoms with Gasteiger partial charge < -0.3 is 20.3 Å². The lowest BCUT2D eigenvalue weighted by Gasteiger charge is -2.14. The molecular weight excluding hydrogens is 342 g/mol. The first-order valence-corrected chi connectivity index (χ1v) is 8.14. The maximum Gasteiger partial charge on any atom is 0.279 e. The molecule has 1 atom stereocenters. The minimum absolute atomic E-state index is 0.168. The van der Waals surface area contributed by atoms with Crippen molar-refractivity contribution in [3.8, 4) is 5.75 Å². The first-order chi connectivity index (χ1) is 12.0. The molecule has 0 saturated heterocycles. The van der Waals surface area contributed by atoms with Crippen LogP contribution in [0.25, 0.3) is 0 Å². The van der Waals surface area contributed by atoms with E-state index in [1.54, 1.807) is 62.7 Å². The van der Waals surface area contributed by atoms with Crippen molar-refractivity contribution >= 4 is 34.8 Å². The summed E-state index contributed by atoms with van der Waals surface area (Å²) in [6.07, 6.45) is 0. The lowest BCUT2D eigenvalue weighted by atomic mass is 10.3. The fourth-order valence-corrected chi connectivity index (χ4v) is 2.45. The van der Waals surface area contributed by atoms with E-state index >= 15 is 0 Å². The molecule has 1 unspecified atom stereocenters. The van der Waals surface area contributed by atoms with E-state index in [0.717, 1.165) is 10.6 Å². The van der Waals surface area contributed by atoms with E-state index in [9.17, 15) is 9.59 Å². The average Bonchev–Trinajstić information content (AvgIpc) is 2.55. The third kappa shape index (κ3) is 6.45. The summed E-state index contributed by atoms with van der Waals surface area (Å²) < 4.78 is 5.07. The Kier molecular flexibility index (Phi) is 6.80. The fraction of sp³-hybridized carbons (Fsp3) is 0.222. The standard InChI is InChI=1S/C18H20ClN3O3/c1-22(12-18(24)21-15-5-3-4-13(19)10-15)11-17(23)20-14-6-8-16(25-2)9-7-14/h3-10H,11-12H2,1-2H3,(H,20,23)(H,21,24)/p+1. The predicted octanol–water partition coefficient (Wildman–Crippen LogP) is 1.44. The second kappa shape index (κ2) is 9.05. The number of benzene rings is 2. The summed E-state index contributed by atoms with van der Waals surface area (Å²) in [7, 11) is 3.37. The fourth-order valence-electron chi connectivity index (χ4n) is 2.26. The Morgan fingerprint density at radius 1 is 1.00 bits per heavy atom. The number of likely N-dealkylation sites (N-methyl/N-ethyl adjacent to an activating group) is 1. The molecule has 25 heavy (non-hydrogen) atoms. The van der Waals surface area contributed by atoms with Crippen molar-refractivity contribution in [2.45, 2.75) is 0 Å². The zero-order chi connectivity index (χ0) is 18.2. The van der Waals surface area contributed by atoms with E-state index in [4.69, 9.17) is 16.3 Å². The van der Waals surface area contributed by atoms with Crippen LogP contribution < -0.4 is 20.3 Å². The van der Waals surface area contributed by atoms with Gasteiger partial charge >= 0.3 is 0 Å². The van der Waals surface area contributed by atoms with Crippen LogP contribution in [0.1, 0.15) is 0 Å². The van der Waals surface area contributed by atoms with E-state index in [-0.39, 0.29) is 24.9 Å². The highest BCUT2D eigenvalue weighted by atomic mass is 35.5. The van der Waals surface area contributed by atoms with Gasteiger partial charge in [-0.3, -0.25) is 9.59 Å². The van der Waals surface area contributed by atoms with Crippen molar-refractivity contribution in [2.75, 3.05) is 37.9 Å². The molecule has 0 spiro atoms. The number of carbonyl (C=O) groups excluding carboxylic acids is 2. The highest BCUT2D eigenvalue weighted by Gasteiger charge is 2.14. The van der Waals surface area contributed by atoms with Gasteiger partial charge in [0.25, 0.3) is 11.8 Å². The monoisotopic (exact) mass is 362 g/mol. The molecule has 0 aliphatic rings. The molecule has 2 rings (SSSR count). The number of carbonyl (C=O) groups is 2. The van der Waals surface area contributed by atoms with Gasteiger partial charge in [-0.05, 0) is 42.5 Å². The normalized spacial score (nSPS) is 11.5. The van der Waals surface area contributed by atoms with Gasteiger partial charge in [0.1, 0.15) is 5.75 Å². The Labute approximate surface area is 151 Å². The first-order valence-electron chi connectivity index (χ1n) is 7.77. The largest absolute Gasteiger partial charge is 0.497 e. The van der Waals surface area contributed by atoms with Crippen molar-refractivity contribution in [2.24, 2.45) is 0 Å². The maximum atomic E-state index is 12.0. The number of hydrogen-bond donors (Lipinski definition) is 3. The van der Waals surface area contributed by atoms with Crippen LogP contribution in [0, 0.1) is 0 Å². The lowest BCUT2D eigenvalue weighted by Crippen LogP contribution is -3.11. The van der Waals surface area contributed by atoms with E-state index in [0.29, 0.717) is 16.4 Å². The predicted molar refractivity (Wildman–Crippen MR) is 98.3 cm³/mol. The molecule has 0 saturated carbocycles.